The molecule has 0 aromatic heterocycles. The first kappa shape index (κ1) is 25.5. The molecule has 5 atom stereocenters. The average Bonchev–Trinajstić information content (AvgIpc) is 3.09. The lowest BCUT2D eigenvalue weighted by Gasteiger charge is -2.26. The van der Waals surface area contributed by atoms with Crippen LogP contribution in [0.5, 0.6) is 0 Å². The molecule has 2 aliphatic rings. The summed E-state index contributed by atoms with van der Waals surface area (Å²) in [6.07, 6.45) is 12.5. The Morgan fingerprint density at radius 1 is 1.09 bits per heavy atom. The van der Waals surface area contributed by atoms with Gasteiger partial charge in [0.05, 0.1) is 19.3 Å². The second-order valence-electron chi connectivity index (χ2n) is 9.96. The summed E-state index contributed by atoms with van der Waals surface area (Å²) in [6.45, 7) is 0. The molecule has 3 rings (SSSR count). The van der Waals surface area contributed by atoms with Gasteiger partial charge in [0.15, 0.2) is 0 Å². The standard InChI is InChI=1S/C27H41ClO4/c1-32-26(31)12-8-3-2-7-11-22-23(28)18-25(30)27(22)21-15-13-20(14-16-21)24(29)17-19-9-5-4-6-10-19/h13-16,19,22-25,27,29-30H,2-12,17-18H2,1H3. The number of esters is 1. The van der Waals surface area contributed by atoms with Crippen molar-refractivity contribution in [1.82, 2.24) is 0 Å². The quantitative estimate of drug-likeness (QED) is 0.230. The summed E-state index contributed by atoms with van der Waals surface area (Å²) in [7, 11) is 1.43. The summed E-state index contributed by atoms with van der Waals surface area (Å²) in [5.74, 6) is 0.809. The molecule has 0 saturated heterocycles. The van der Waals surface area contributed by atoms with E-state index in [1.165, 1.54) is 39.2 Å². The maximum absolute atomic E-state index is 11.2. The highest BCUT2D eigenvalue weighted by molar-refractivity contribution is 6.21. The number of rotatable bonds is 11. The van der Waals surface area contributed by atoms with Gasteiger partial charge >= 0.3 is 5.97 Å². The molecular weight excluding hydrogens is 424 g/mol. The van der Waals surface area contributed by atoms with Crippen molar-refractivity contribution in [3.63, 3.8) is 0 Å². The zero-order chi connectivity index (χ0) is 22.9. The second-order valence-corrected chi connectivity index (χ2v) is 10.5. The lowest BCUT2D eigenvalue weighted by atomic mass is 9.82. The summed E-state index contributed by atoms with van der Waals surface area (Å²) >= 11 is 6.65. The van der Waals surface area contributed by atoms with Gasteiger partial charge in [0, 0.05) is 17.7 Å². The van der Waals surface area contributed by atoms with E-state index in [4.69, 9.17) is 11.6 Å². The topological polar surface area (TPSA) is 66.8 Å². The van der Waals surface area contributed by atoms with Crippen LogP contribution in [0.3, 0.4) is 0 Å². The van der Waals surface area contributed by atoms with Crippen molar-refractivity contribution in [2.75, 3.05) is 7.11 Å². The smallest absolute Gasteiger partial charge is 0.305 e. The maximum atomic E-state index is 11.2. The zero-order valence-corrected chi connectivity index (χ0v) is 20.3. The number of alkyl halides is 1. The van der Waals surface area contributed by atoms with Crippen molar-refractivity contribution in [1.29, 1.82) is 0 Å². The third-order valence-electron chi connectivity index (χ3n) is 7.69. The first-order valence-corrected chi connectivity index (χ1v) is 13.1. The van der Waals surface area contributed by atoms with Gasteiger partial charge in [-0.1, -0.05) is 75.6 Å². The van der Waals surface area contributed by atoms with E-state index in [0.717, 1.165) is 49.7 Å². The Labute approximate surface area is 198 Å². The molecule has 5 heteroatoms. The van der Waals surface area contributed by atoms with Gasteiger partial charge in [-0.2, -0.15) is 0 Å². The molecule has 2 aliphatic carbocycles. The summed E-state index contributed by atoms with van der Waals surface area (Å²) in [5.41, 5.74) is 2.11. The number of carbonyl (C=O) groups is 1. The average molecular weight is 465 g/mol. The molecule has 0 radical (unpaired) electrons. The van der Waals surface area contributed by atoms with Crippen LogP contribution in [-0.4, -0.2) is 34.8 Å². The van der Waals surface area contributed by atoms with Crippen LogP contribution in [-0.2, 0) is 9.53 Å². The molecule has 0 heterocycles. The first-order valence-electron chi connectivity index (χ1n) is 12.7. The van der Waals surface area contributed by atoms with Crippen LogP contribution in [0, 0.1) is 11.8 Å². The number of halogens is 1. The van der Waals surface area contributed by atoms with E-state index in [-0.39, 0.29) is 23.2 Å². The molecule has 5 unspecified atom stereocenters. The van der Waals surface area contributed by atoms with E-state index in [1.807, 2.05) is 12.1 Å². The number of unbranched alkanes of at least 4 members (excludes halogenated alkanes) is 3. The van der Waals surface area contributed by atoms with Crippen molar-refractivity contribution in [3.05, 3.63) is 35.4 Å². The minimum Gasteiger partial charge on any atom is -0.469 e. The molecule has 1 aromatic rings. The first-order chi connectivity index (χ1) is 15.5. The number of hydrogen-bond acceptors (Lipinski definition) is 4. The van der Waals surface area contributed by atoms with Gasteiger partial charge in [-0.05, 0) is 48.6 Å². The van der Waals surface area contributed by atoms with Crippen LogP contribution in [0.25, 0.3) is 0 Å². The second kappa shape index (κ2) is 13.0. The third kappa shape index (κ3) is 7.20. The van der Waals surface area contributed by atoms with Crippen molar-refractivity contribution in [2.45, 2.75) is 107 Å². The van der Waals surface area contributed by atoms with E-state index < -0.39 is 12.2 Å². The summed E-state index contributed by atoms with van der Waals surface area (Å²) < 4.78 is 4.69. The number of aliphatic hydroxyl groups is 2. The van der Waals surface area contributed by atoms with Gasteiger partial charge in [-0.3, -0.25) is 4.79 Å². The van der Waals surface area contributed by atoms with Crippen LogP contribution in [0.15, 0.2) is 24.3 Å². The molecule has 0 bridgehead atoms. The summed E-state index contributed by atoms with van der Waals surface area (Å²) in [6, 6.07) is 8.26. The van der Waals surface area contributed by atoms with Gasteiger partial charge in [0.25, 0.3) is 0 Å². The minimum atomic E-state index is -0.417. The number of ether oxygens (including phenoxy) is 1. The Morgan fingerprint density at radius 2 is 1.78 bits per heavy atom. The zero-order valence-electron chi connectivity index (χ0n) is 19.6. The predicted molar refractivity (Wildman–Crippen MR) is 129 cm³/mol. The molecular formula is C27H41ClO4. The number of carbonyl (C=O) groups excluding carboxylic acids is 1. The van der Waals surface area contributed by atoms with Crippen molar-refractivity contribution in [2.24, 2.45) is 11.8 Å². The lowest BCUT2D eigenvalue weighted by molar-refractivity contribution is -0.140. The van der Waals surface area contributed by atoms with Gasteiger partial charge in [-0.25, -0.2) is 0 Å². The number of benzene rings is 1. The molecule has 0 spiro atoms. The van der Waals surface area contributed by atoms with Crippen molar-refractivity contribution in [3.8, 4) is 0 Å². The van der Waals surface area contributed by atoms with E-state index in [1.54, 1.807) is 0 Å². The summed E-state index contributed by atoms with van der Waals surface area (Å²) in [4.78, 5) is 11.2. The maximum Gasteiger partial charge on any atom is 0.305 e. The van der Waals surface area contributed by atoms with Crippen molar-refractivity contribution >= 4 is 17.6 Å². The van der Waals surface area contributed by atoms with Gasteiger partial charge in [-0.15, -0.1) is 11.6 Å². The molecule has 4 nitrogen and oxygen atoms in total. The van der Waals surface area contributed by atoms with Gasteiger partial charge in [0.2, 0.25) is 0 Å². The molecule has 2 saturated carbocycles. The molecule has 180 valence electrons. The Hall–Kier alpha value is -1.10. The Bertz CT molecular complexity index is 685. The molecule has 0 aliphatic heterocycles. The van der Waals surface area contributed by atoms with Gasteiger partial charge in [0.1, 0.15) is 0 Å². The predicted octanol–water partition coefficient (Wildman–Crippen LogP) is 6.28. The monoisotopic (exact) mass is 464 g/mol. The highest BCUT2D eigenvalue weighted by atomic mass is 35.5. The summed E-state index contributed by atoms with van der Waals surface area (Å²) in [5, 5.41) is 21.4. The van der Waals surface area contributed by atoms with E-state index in [9.17, 15) is 15.0 Å². The fourth-order valence-corrected chi connectivity index (χ4v) is 6.28. The van der Waals surface area contributed by atoms with Crippen LogP contribution in [0.2, 0.25) is 0 Å². The number of aliphatic hydroxyl groups excluding tert-OH is 2. The molecule has 0 amide bonds. The number of hydrogen-bond donors (Lipinski definition) is 2. The molecule has 32 heavy (non-hydrogen) atoms. The largest absolute Gasteiger partial charge is 0.469 e. The normalized spacial score (nSPS) is 27.4. The van der Waals surface area contributed by atoms with Gasteiger partial charge < -0.3 is 14.9 Å². The SMILES string of the molecule is COC(=O)CCCCCCC1C(Cl)CC(O)C1c1ccc(C(O)CC2CCCCC2)cc1. The Balaban J connectivity index is 1.51. The highest BCUT2D eigenvalue weighted by Gasteiger charge is 2.41. The van der Waals surface area contributed by atoms with Crippen molar-refractivity contribution < 1.29 is 19.7 Å². The Kier molecular flexibility index (Phi) is 10.3. The van der Waals surface area contributed by atoms with E-state index in [0.29, 0.717) is 18.8 Å². The Morgan fingerprint density at radius 3 is 2.47 bits per heavy atom. The van der Waals surface area contributed by atoms with E-state index >= 15 is 0 Å². The fourth-order valence-electron chi connectivity index (χ4n) is 5.81. The lowest BCUT2D eigenvalue weighted by Crippen LogP contribution is -2.19. The van der Waals surface area contributed by atoms with Crippen LogP contribution < -0.4 is 0 Å². The van der Waals surface area contributed by atoms with E-state index in [2.05, 4.69) is 16.9 Å². The van der Waals surface area contributed by atoms with Crippen LogP contribution in [0.1, 0.15) is 107 Å². The molecule has 2 N–H and O–H groups in total. The molecule has 1 aromatic carbocycles. The minimum absolute atomic E-state index is 0.0124. The molecule has 2 fully saturated rings. The van der Waals surface area contributed by atoms with Crippen LogP contribution in [0.4, 0.5) is 0 Å². The third-order valence-corrected chi connectivity index (χ3v) is 8.19. The highest BCUT2D eigenvalue weighted by Crippen LogP contribution is 2.45. The fraction of sp³-hybridized carbons (Fsp3) is 0.741. The van der Waals surface area contributed by atoms with Crippen LogP contribution >= 0.6 is 11.6 Å². The number of methoxy groups -OCH3 is 1.